The minimum atomic E-state index is 0.340. The van der Waals surface area contributed by atoms with Gasteiger partial charge in [-0.3, -0.25) is 0 Å². The second-order valence-corrected chi connectivity index (χ2v) is 4.53. The van der Waals surface area contributed by atoms with Gasteiger partial charge in [-0.25, -0.2) is 4.98 Å². The largest absolute Gasteiger partial charge is 0.481 e. The second-order valence-electron chi connectivity index (χ2n) is 4.53. The predicted molar refractivity (Wildman–Crippen MR) is 62.6 cm³/mol. The summed E-state index contributed by atoms with van der Waals surface area (Å²) in [6.45, 7) is 0.340. The van der Waals surface area contributed by atoms with Crippen LogP contribution in [0.3, 0.4) is 0 Å². The molecule has 0 atom stereocenters. The summed E-state index contributed by atoms with van der Waals surface area (Å²) < 4.78 is 5.14. The Morgan fingerprint density at radius 3 is 2.75 bits per heavy atom. The average molecular weight is 221 g/mol. The van der Waals surface area contributed by atoms with E-state index >= 15 is 0 Å². The van der Waals surface area contributed by atoms with Crippen molar-refractivity contribution in [1.29, 1.82) is 0 Å². The number of rotatable bonds is 3. The third-order valence-corrected chi connectivity index (χ3v) is 3.54. The molecule has 1 saturated carbocycles. The van der Waals surface area contributed by atoms with Crippen molar-refractivity contribution >= 4 is 0 Å². The fourth-order valence-corrected chi connectivity index (χ4v) is 2.47. The number of hydrogen-bond acceptors (Lipinski definition) is 3. The number of aliphatic hydroxyl groups excluding tert-OH is 1. The molecule has 0 bridgehead atoms. The summed E-state index contributed by atoms with van der Waals surface area (Å²) in [6.07, 6.45) is 6.40. The fourth-order valence-electron chi connectivity index (χ4n) is 2.47. The van der Waals surface area contributed by atoms with E-state index in [0.717, 1.165) is 12.8 Å². The molecule has 88 valence electrons. The highest BCUT2D eigenvalue weighted by Crippen LogP contribution is 2.35. The van der Waals surface area contributed by atoms with Crippen LogP contribution < -0.4 is 4.74 Å². The van der Waals surface area contributed by atoms with Gasteiger partial charge in [0.15, 0.2) is 0 Å². The third-order valence-electron chi connectivity index (χ3n) is 3.54. The second kappa shape index (κ2) is 5.30. The quantitative estimate of drug-likeness (QED) is 0.852. The first-order valence-electron chi connectivity index (χ1n) is 5.94. The number of hydrogen-bond donors (Lipinski definition) is 1. The topological polar surface area (TPSA) is 42.4 Å². The maximum atomic E-state index is 9.10. The first kappa shape index (κ1) is 11.4. The lowest BCUT2D eigenvalue weighted by molar-refractivity contribution is 0.182. The van der Waals surface area contributed by atoms with Crippen molar-refractivity contribution < 1.29 is 9.84 Å². The minimum absolute atomic E-state index is 0.340. The van der Waals surface area contributed by atoms with Gasteiger partial charge in [-0.05, 0) is 49.1 Å². The molecule has 1 aromatic heterocycles. The van der Waals surface area contributed by atoms with E-state index in [2.05, 4.69) is 11.1 Å². The molecule has 1 aromatic rings. The number of aromatic nitrogens is 1. The molecule has 3 nitrogen and oxygen atoms in total. The zero-order chi connectivity index (χ0) is 11.4. The lowest BCUT2D eigenvalue weighted by Gasteiger charge is -2.27. The lowest BCUT2D eigenvalue weighted by atomic mass is 9.79. The molecule has 1 heterocycles. The Hall–Kier alpha value is -1.09. The highest BCUT2D eigenvalue weighted by molar-refractivity contribution is 5.24. The molecule has 0 radical (unpaired) electrons. The molecule has 1 N–H and O–H groups in total. The maximum absolute atomic E-state index is 9.10. The maximum Gasteiger partial charge on any atom is 0.213 e. The van der Waals surface area contributed by atoms with Crippen LogP contribution in [0.2, 0.25) is 0 Å². The Morgan fingerprint density at radius 1 is 1.38 bits per heavy atom. The summed E-state index contributed by atoms with van der Waals surface area (Å²) in [4.78, 5) is 4.12. The van der Waals surface area contributed by atoms with Crippen LogP contribution in [0.15, 0.2) is 18.3 Å². The number of nitrogens with zero attached hydrogens (tertiary/aromatic N) is 1. The zero-order valence-electron chi connectivity index (χ0n) is 9.72. The van der Waals surface area contributed by atoms with Crippen LogP contribution in [0.1, 0.15) is 37.2 Å². The number of aliphatic hydroxyl groups is 1. The van der Waals surface area contributed by atoms with Crippen LogP contribution >= 0.6 is 0 Å². The van der Waals surface area contributed by atoms with E-state index in [9.17, 15) is 0 Å². The molecule has 16 heavy (non-hydrogen) atoms. The summed E-state index contributed by atoms with van der Waals surface area (Å²) in [7, 11) is 1.65. The van der Waals surface area contributed by atoms with E-state index in [4.69, 9.17) is 9.84 Å². The van der Waals surface area contributed by atoms with E-state index in [1.54, 1.807) is 7.11 Å². The average Bonchev–Trinajstić information content (AvgIpc) is 2.39. The van der Waals surface area contributed by atoms with Crippen molar-refractivity contribution in [3.05, 3.63) is 23.9 Å². The summed E-state index contributed by atoms with van der Waals surface area (Å²) in [5.41, 5.74) is 1.32. The molecular formula is C13H19NO2. The molecule has 1 aliphatic carbocycles. The SMILES string of the molecule is COc1cc(C2CCC(CO)CC2)ccn1. The smallest absolute Gasteiger partial charge is 0.213 e. The molecule has 0 amide bonds. The Labute approximate surface area is 96.5 Å². The molecule has 3 heteroatoms. The Morgan fingerprint density at radius 2 is 2.12 bits per heavy atom. The molecule has 0 aromatic carbocycles. The van der Waals surface area contributed by atoms with Crippen LogP contribution in [0.4, 0.5) is 0 Å². The van der Waals surface area contributed by atoms with Gasteiger partial charge in [0.2, 0.25) is 5.88 Å². The third kappa shape index (κ3) is 2.53. The summed E-state index contributed by atoms with van der Waals surface area (Å²) in [5.74, 6) is 1.82. The van der Waals surface area contributed by atoms with Gasteiger partial charge in [0.1, 0.15) is 0 Å². The standard InChI is InChI=1S/C13H19NO2/c1-16-13-8-12(6-7-14-13)11-4-2-10(9-15)3-5-11/h6-8,10-11,15H,2-5,9H2,1H3. The lowest BCUT2D eigenvalue weighted by Crippen LogP contribution is -2.16. The Balaban J connectivity index is 2.02. The van der Waals surface area contributed by atoms with E-state index in [-0.39, 0.29) is 0 Å². The van der Waals surface area contributed by atoms with Crippen LogP contribution in [0.5, 0.6) is 5.88 Å². The fraction of sp³-hybridized carbons (Fsp3) is 0.615. The summed E-state index contributed by atoms with van der Waals surface area (Å²) >= 11 is 0. The number of methoxy groups -OCH3 is 1. The van der Waals surface area contributed by atoms with Crippen molar-refractivity contribution in [3.63, 3.8) is 0 Å². The normalized spacial score (nSPS) is 25.4. The molecule has 2 rings (SSSR count). The molecule has 1 fully saturated rings. The number of ether oxygens (including phenoxy) is 1. The van der Waals surface area contributed by atoms with Crippen LogP contribution in [-0.2, 0) is 0 Å². The Kier molecular flexibility index (Phi) is 3.78. The van der Waals surface area contributed by atoms with Gasteiger partial charge in [-0.1, -0.05) is 0 Å². The Bertz CT molecular complexity index is 332. The van der Waals surface area contributed by atoms with Crippen molar-refractivity contribution in [3.8, 4) is 5.88 Å². The number of pyridine rings is 1. The molecule has 1 aliphatic rings. The molecule has 0 unspecified atom stereocenters. The molecule has 0 aliphatic heterocycles. The van der Waals surface area contributed by atoms with Crippen LogP contribution in [-0.4, -0.2) is 23.8 Å². The monoisotopic (exact) mass is 221 g/mol. The van der Waals surface area contributed by atoms with Gasteiger partial charge in [0.25, 0.3) is 0 Å². The minimum Gasteiger partial charge on any atom is -0.481 e. The van der Waals surface area contributed by atoms with E-state index in [1.807, 2.05) is 12.3 Å². The van der Waals surface area contributed by atoms with Gasteiger partial charge in [0.05, 0.1) is 7.11 Å². The van der Waals surface area contributed by atoms with Crippen molar-refractivity contribution in [2.75, 3.05) is 13.7 Å². The van der Waals surface area contributed by atoms with Crippen molar-refractivity contribution in [2.45, 2.75) is 31.6 Å². The predicted octanol–water partition coefficient (Wildman–Crippen LogP) is 2.36. The van der Waals surface area contributed by atoms with Crippen molar-refractivity contribution in [1.82, 2.24) is 4.98 Å². The molecule has 0 spiro atoms. The van der Waals surface area contributed by atoms with Crippen LogP contribution in [0, 0.1) is 5.92 Å². The molecule has 0 saturated heterocycles. The van der Waals surface area contributed by atoms with E-state index in [1.165, 1.54) is 18.4 Å². The van der Waals surface area contributed by atoms with E-state index < -0.39 is 0 Å². The zero-order valence-corrected chi connectivity index (χ0v) is 9.72. The first-order valence-corrected chi connectivity index (χ1v) is 5.94. The summed E-state index contributed by atoms with van der Waals surface area (Å²) in [6, 6.07) is 4.11. The van der Waals surface area contributed by atoms with Gasteiger partial charge in [-0.2, -0.15) is 0 Å². The van der Waals surface area contributed by atoms with Gasteiger partial charge in [-0.15, -0.1) is 0 Å². The molecular weight excluding hydrogens is 202 g/mol. The van der Waals surface area contributed by atoms with Gasteiger partial charge < -0.3 is 9.84 Å². The van der Waals surface area contributed by atoms with Gasteiger partial charge in [0, 0.05) is 18.9 Å². The highest BCUT2D eigenvalue weighted by atomic mass is 16.5. The van der Waals surface area contributed by atoms with Crippen LogP contribution in [0.25, 0.3) is 0 Å². The first-order chi connectivity index (χ1) is 7.83. The highest BCUT2D eigenvalue weighted by Gasteiger charge is 2.22. The van der Waals surface area contributed by atoms with Crippen molar-refractivity contribution in [2.24, 2.45) is 5.92 Å². The van der Waals surface area contributed by atoms with Gasteiger partial charge >= 0.3 is 0 Å². The van der Waals surface area contributed by atoms with E-state index in [0.29, 0.717) is 24.3 Å². The summed E-state index contributed by atoms with van der Waals surface area (Å²) in [5, 5.41) is 9.10.